The molecule has 172 valence electrons. The number of rotatable bonds is 5. The minimum atomic E-state index is -0.447. The first-order valence-corrected chi connectivity index (χ1v) is 11.7. The van der Waals surface area contributed by atoms with Crippen molar-refractivity contribution in [3.8, 4) is 0 Å². The lowest BCUT2D eigenvalue weighted by atomic mass is 9.94. The molecule has 3 amide bonds. The van der Waals surface area contributed by atoms with E-state index in [4.69, 9.17) is 11.6 Å². The molecule has 2 aromatic carbocycles. The quantitative estimate of drug-likeness (QED) is 0.577. The molecule has 2 aliphatic rings. The fourth-order valence-corrected chi connectivity index (χ4v) is 4.80. The number of nitrogens with zero attached hydrogens (tertiary/aromatic N) is 1. The van der Waals surface area contributed by atoms with E-state index in [0.717, 1.165) is 54.5 Å². The fraction of sp³-hybridized carbons (Fsp3) is 0.346. The van der Waals surface area contributed by atoms with Gasteiger partial charge in [-0.1, -0.05) is 43.0 Å². The monoisotopic (exact) mass is 465 g/mol. The van der Waals surface area contributed by atoms with Gasteiger partial charge in [-0.2, -0.15) is 0 Å². The summed E-state index contributed by atoms with van der Waals surface area (Å²) in [6.07, 6.45) is 4.73. The maximum Gasteiger partial charge on any atom is 0.279 e. The van der Waals surface area contributed by atoms with Crippen LogP contribution >= 0.6 is 11.6 Å². The molecule has 0 saturated heterocycles. The SMILES string of the molecule is Cc1cc(C)cc(NC(=O)c2ccc(C)c(NC3=C(Cl)C(=O)N(C4CCCCC4)C3=O)c2)c1. The van der Waals surface area contributed by atoms with Gasteiger partial charge in [-0.3, -0.25) is 19.3 Å². The van der Waals surface area contributed by atoms with Crippen LogP contribution in [0.1, 0.15) is 59.2 Å². The zero-order valence-electron chi connectivity index (χ0n) is 19.1. The molecule has 0 atom stereocenters. The highest BCUT2D eigenvalue weighted by Gasteiger charge is 2.42. The third kappa shape index (κ3) is 4.81. The van der Waals surface area contributed by atoms with E-state index in [1.165, 1.54) is 4.90 Å². The third-order valence-electron chi connectivity index (χ3n) is 6.24. The van der Waals surface area contributed by atoms with Crippen LogP contribution in [0, 0.1) is 20.8 Å². The Hall–Kier alpha value is -3.12. The summed E-state index contributed by atoms with van der Waals surface area (Å²) in [6.45, 7) is 5.82. The van der Waals surface area contributed by atoms with E-state index >= 15 is 0 Å². The van der Waals surface area contributed by atoms with E-state index in [1.807, 2.05) is 39.0 Å². The summed E-state index contributed by atoms with van der Waals surface area (Å²) < 4.78 is 0. The molecular formula is C26H28ClN3O3. The van der Waals surface area contributed by atoms with Gasteiger partial charge in [0.05, 0.1) is 0 Å². The summed E-state index contributed by atoms with van der Waals surface area (Å²) in [5.41, 5.74) is 4.73. The summed E-state index contributed by atoms with van der Waals surface area (Å²) in [5, 5.41) is 5.86. The second-order valence-electron chi connectivity index (χ2n) is 8.95. The average molecular weight is 466 g/mol. The summed E-state index contributed by atoms with van der Waals surface area (Å²) >= 11 is 6.30. The number of imide groups is 1. The first kappa shape index (κ1) is 23.1. The van der Waals surface area contributed by atoms with Gasteiger partial charge in [0.15, 0.2) is 0 Å². The van der Waals surface area contributed by atoms with Gasteiger partial charge in [-0.15, -0.1) is 0 Å². The molecule has 1 fully saturated rings. The molecule has 7 heteroatoms. The summed E-state index contributed by atoms with van der Waals surface area (Å²) in [7, 11) is 0. The van der Waals surface area contributed by atoms with E-state index < -0.39 is 11.8 Å². The summed E-state index contributed by atoms with van der Waals surface area (Å²) in [6, 6.07) is 10.9. The molecule has 0 aromatic heterocycles. The number of anilines is 2. The molecule has 0 unspecified atom stereocenters. The lowest BCUT2D eigenvalue weighted by molar-refractivity contribution is -0.140. The Kier molecular flexibility index (Phi) is 6.56. The van der Waals surface area contributed by atoms with Gasteiger partial charge in [-0.05, 0) is 74.6 Å². The lowest BCUT2D eigenvalue weighted by Crippen LogP contribution is -2.42. The first-order valence-electron chi connectivity index (χ1n) is 11.3. The van der Waals surface area contributed by atoms with Crippen LogP contribution in [-0.4, -0.2) is 28.7 Å². The normalized spacial score (nSPS) is 17.0. The van der Waals surface area contributed by atoms with E-state index in [2.05, 4.69) is 10.6 Å². The van der Waals surface area contributed by atoms with E-state index in [9.17, 15) is 14.4 Å². The minimum absolute atomic E-state index is 0.0715. The molecular weight excluding hydrogens is 438 g/mol. The van der Waals surface area contributed by atoms with Gasteiger partial charge in [0.2, 0.25) is 0 Å². The van der Waals surface area contributed by atoms with E-state index in [-0.39, 0.29) is 22.7 Å². The predicted octanol–water partition coefficient (Wildman–Crippen LogP) is 5.43. The minimum Gasteiger partial charge on any atom is -0.349 e. The van der Waals surface area contributed by atoms with Crippen molar-refractivity contribution in [2.24, 2.45) is 0 Å². The Balaban J connectivity index is 1.55. The molecule has 2 aromatic rings. The highest BCUT2D eigenvalue weighted by atomic mass is 35.5. The van der Waals surface area contributed by atoms with Crippen molar-refractivity contribution < 1.29 is 14.4 Å². The number of aryl methyl sites for hydroxylation is 3. The van der Waals surface area contributed by atoms with Crippen molar-refractivity contribution in [2.75, 3.05) is 10.6 Å². The van der Waals surface area contributed by atoms with Crippen molar-refractivity contribution in [1.82, 2.24) is 4.90 Å². The van der Waals surface area contributed by atoms with Crippen molar-refractivity contribution in [3.05, 3.63) is 69.4 Å². The van der Waals surface area contributed by atoms with Gasteiger partial charge in [0.25, 0.3) is 17.7 Å². The highest BCUT2D eigenvalue weighted by molar-refractivity contribution is 6.48. The molecule has 33 heavy (non-hydrogen) atoms. The summed E-state index contributed by atoms with van der Waals surface area (Å²) in [5.74, 6) is -1.11. The van der Waals surface area contributed by atoms with Crippen LogP contribution < -0.4 is 10.6 Å². The molecule has 0 spiro atoms. The van der Waals surface area contributed by atoms with Crippen LogP contribution in [0.25, 0.3) is 0 Å². The number of benzene rings is 2. The number of carbonyl (C=O) groups is 3. The lowest BCUT2D eigenvalue weighted by Gasteiger charge is -2.29. The number of amides is 3. The van der Waals surface area contributed by atoms with Gasteiger partial charge in [0.1, 0.15) is 10.7 Å². The Morgan fingerprint density at radius 3 is 2.27 bits per heavy atom. The second-order valence-corrected chi connectivity index (χ2v) is 9.32. The topological polar surface area (TPSA) is 78.5 Å². The van der Waals surface area contributed by atoms with Crippen LogP contribution in [0.3, 0.4) is 0 Å². The number of halogens is 1. The molecule has 2 N–H and O–H groups in total. The van der Waals surface area contributed by atoms with Crippen LogP contribution in [0.15, 0.2) is 47.1 Å². The predicted molar refractivity (Wildman–Crippen MR) is 130 cm³/mol. The Bertz CT molecular complexity index is 1150. The highest BCUT2D eigenvalue weighted by Crippen LogP contribution is 2.33. The third-order valence-corrected chi connectivity index (χ3v) is 6.59. The smallest absolute Gasteiger partial charge is 0.279 e. The fourth-order valence-electron chi connectivity index (χ4n) is 4.58. The molecule has 1 aliphatic carbocycles. The van der Waals surface area contributed by atoms with Crippen molar-refractivity contribution in [2.45, 2.75) is 58.9 Å². The summed E-state index contributed by atoms with van der Waals surface area (Å²) in [4.78, 5) is 40.0. The molecule has 1 aliphatic heterocycles. The second kappa shape index (κ2) is 9.40. The maximum atomic E-state index is 13.1. The number of carbonyl (C=O) groups excluding carboxylic acids is 3. The molecule has 6 nitrogen and oxygen atoms in total. The Morgan fingerprint density at radius 2 is 1.61 bits per heavy atom. The zero-order valence-corrected chi connectivity index (χ0v) is 19.9. The van der Waals surface area contributed by atoms with Gasteiger partial charge >= 0.3 is 0 Å². The number of hydrogen-bond donors (Lipinski definition) is 2. The van der Waals surface area contributed by atoms with Crippen LogP contribution in [-0.2, 0) is 9.59 Å². The standard InChI is InChI=1S/C26H28ClN3O3/c1-15-11-16(2)13-19(12-15)28-24(31)18-10-9-17(3)21(14-18)29-23-22(27)25(32)30(26(23)33)20-7-5-4-6-8-20/h9-14,20,29H,4-8H2,1-3H3,(H,28,31). The zero-order chi connectivity index (χ0) is 23.7. The molecule has 1 saturated carbocycles. The number of nitrogens with one attached hydrogen (secondary N) is 2. The molecule has 0 bridgehead atoms. The first-order chi connectivity index (χ1) is 15.7. The van der Waals surface area contributed by atoms with Crippen LogP contribution in [0.4, 0.5) is 11.4 Å². The van der Waals surface area contributed by atoms with E-state index in [0.29, 0.717) is 11.3 Å². The largest absolute Gasteiger partial charge is 0.349 e. The van der Waals surface area contributed by atoms with Gasteiger partial charge in [-0.25, -0.2) is 0 Å². The van der Waals surface area contributed by atoms with Crippen molar-refractivity contribution in [3.63, 3.8) is 0 Å². The molecule has 1 heterocycles. The van der Waals surface area contributed by atoms with Gasteiger partial charge in [0, 0.05) is 23.0 Å². The van der Waals surface area contributed by atoms with Crippen LogP contribution in [0.5, 0.6) is 0 Å². The van der Waals surface area contributed by atoms with Crippen molar-refractivity contribution in [1.29, 1.82) is 0 Å². The molecule has 0 radical (unpaired) electrons. The Morgan fingerprint density at radius 1 is 0.939 bits per heavy atom. The van der Waals surface area contributed by atoms with Crippen molar-refractivity contribution >= 4 is 40.7 Å². The van der Waals surface area contributed by atoms with Crippen LogP contribution in [0.2, 0.25) is 0 Å². The van der Waals surface area contributed by atoms with Gasteiger partial charge < -0.3 is 10.6 Å². The van der Waals surface area contributed by atoms with E-state index in [1.54, 1.807) is 18.2 Å². The average Bonchev–Trinajstić information content (AvgIpc) is 2.98. The number of hydrogen-bond acceptors (Lipinski definition) is 4. The maximum absolute atomic E-state index is 13.1. The molecule has 4 rings (SSSR count). The Labute approximate surface area is 199 Å².